The fraction of sp³-hybridized carbons (Fsp3) is 0.0923. The van der Waals surface area contributed by atoms with E-state index in [1.54, 1.807) is 36.4 Å². The summed E-state index contributed by atoms with van der Waals surface area (Å²) < 4.78 is 127. The summed E-state index contributed by atoms with van der Waals surface area (Å²) in [7, 11) is -4.78. The topological polar surface area (TPSA) is 209 Å². The van der Waals surface area contributed by atoms with Gasteiger partial charge in [-0.1, -0.05) is 65.0 Å². The number of aliphatic hydroxyl groups excluding tert-OH is 1. The number of aromatic nitrogens is 4. The van der Waals surface area contributed by atoms with Gasteiger partial charge in [-0.3, -0.25) is 4.98 Å². The van der Waals surface area contributed by atoms with Crippen molar-refractivity contribution in [2.75, 3.05) is 7.11 Å². The molecular weight excluding hydrogens is 1450 g/mol. The van der Waals surface area contributed by atoms with E-state index >= 15 is 0 Å². The molecular formula is C65H51F3Ir2N6O7S-4. The number of benzene rings is 6. The maximum Gasteiger partial charge on any atom is 0.525 e. The van der Waals surface area contributed by atoms with Gasteiger partial charge in [-0.2, -0.15) is 32.1 Å². The second kappa shape index (κ2) is 31.7. The van der Waals surface area contributed by atoms with Gasteiger partial charge in [-0.25, -0.2) is 5.26 Å². The molecule has 0 bridgehead atoms. The normalized spacial score (nSPS) is 12.0. The zero-order chi connectivity index (χ0) is 64.8. The molecule has 6 aromatic heterocycles. The molecule has 0 amide bonds. The fourth-order valence-corrected chi connectivity index (χ4v) is 7.61. The molecule has 0 atom stereocenters. The van der Waals surface area contributed by atoms with Crippen molar-refractivity contribution >= 4 is 54.0 Å². The molecule has 84 heavy (non-hydrogen) atoms. The minimum Gasteiger partial charge on any atom is -0.501 e. The second-order valence-electron chi connectivity index (χ2n) is 16.8. The standard InChI is InChI=1S/C19H12N2O.C19H11N2O.2C12H10N.CHF3O4S.CH4O.CH3.2Ir/c2*1-12-7-8-21-17(9-12)16-4-2-3-15-14-6-5-13(11-20)10-18(14)22-19(15)16;2*1-10-7-8-12(13-9-10)11-5-3-2-4-6-11;2-1(3,4)9(6,7)8-5;1-2;;;/h2-10H,1H3;2-3,5-10H,1H3;2*2-5,7-9H,1H3;5H;2H,1H3;1H3;;/q;3*-1;;;-1;;/i2*1D3,8D;;;;;;;. The summed E-state index contributed by atoms with van der Waals surface area (Å²) >= 11 is 0. The van der Waals surface area contributed by atoms with Crippen LogP contribution in [0.3, 0.4) is 0 Å². The summed E-state index contributed by atoms with van der Waals surface area (Å²) in [5, 5.41) is 35.6. The van der Waals surface area contributed by atoms with E-state index in [9.17, 15) is 21.6 Å². The van der Waals surface area contributed by atoms with Crippen molar-refractivity contribution in [1.29, 1.82) is 10.5 Å². The number of fused-ring (bicyclic) bond motifs is 6. The third kappa shape index (κ3) is 17.2. The number of halogens is 3. The number of aliphatic hydroxyl groups is 1. The van der Waals surface area contributed by atoms with Crippen LogP contribution in [0, 0.1) is 75.8 Å². The summed E-state index contributed by atoms with van der Waals surface area (Å²) in [6.45, 7) is -0.592. The number of para-hydroxylation sites is 1. The first-order valence-corrected chi connectivity index (χ1v) is 25.2. The van der Waals surface area contributed by atoms with Gasteiger partial charge < -0.3 is 36.3 Å². The largest absolute Gasteiger partial charge is 0.525 e. The summed E-state index contributed by atoms with van der Waals surface area (Å²) in [6, 6.07) is 62.2. The second-order valence-corrected chi connectivity index (χ2v) is 18.4. The van der Waals surface area contributed by atoms with Crippen LogP contribution in [0.2, 0.25) is 0 Å². The summed E-state index contributed by atoms with van der Waals surface area (Å²) in [5.74, 6) is 0. The van der Waals surface area contributed by atoms with E-state index in [-0.39, 0.29) is 71.1 Å². The van der Waals surface area contributed by atoms with E-state index in [0.717, 1.165) is 51.2 Å². The molecule has 13 nitrogen and oxygen atoms in total. The number of pyridine rings is 4. The first-order valence-electron chi connectivity index (χ1n) is 27.8. The van der Waals surface area contributed by atoms with Crippen LogP contribution in [-0.4, -0.2) is 51.3 Å². The zero-order valence-electron chi connectivity index (χ0n) is 52.6. The van der Waals surface area contributed by atoms with Gasteiger partial charge in [-0.05, 0) is 116 Å². The molecule has 2 N–H and O–H groups in total. The smallest absolute Gasteiger partial charge is 0.501 e. The fourth-order valence-electron chi connectivity index (χ4n) is 7.52. The van der Waals surface area contributed by atoms with Crippen LogP contribution in [0.1, 0.15) is 44.3 Å². The Bertz CT molecular complexity index is 4360. The average Bonchev–Trinajstić information content (AvgIpc) is 1.60. The molecule has 6 heterocycles. The van der Waals surface area contributed by atoms with Gasteiger partial charge in [0, 0.05) is 102 Å². The van der Waals surface area contributed by atoms with Gasteiger partial charge in [0.15, 0.2) is 0 Å². The number of aryl methyl sites for hydroxylation is 4. The molecule has 0 fully saturated rings. The summed E-state index contributed by atoms with van der Waals surface area (Å²) in [4.78, 5) is 17.0. The molecule has 0 aliphatic carbocycles. The van der Waals surface area contributed by atoms with Gasteiger partial charge in [0.05, 0.1) is 37.3 Å². The first kappa shape index (κ1) is 55.9. The van der Waals surface area contributed by atoms with Crippen LogP contribution >= 0.6 is 0 Å². The van der Waals surface area contributed by atoms with E-state index in [0.29, 0.717) is 56.0 Å². The molecule has 432 valence electrons. The first-order chi connectivity index (χ1) is 42.3. The molecule has 12 rings (SSSR count). The van der Waals surface area contributed by atoms with Crippen molar-refractivity contribution in [3.63, 3.8) is 0 Å². The number of hydrogen-bond donors (Lipinski definition) is 2. The van der Waals surface area contributed by atoms with Crippen molar-refractivity contribution in [3.05, 3.63) is 248 Å². The van der Waals surface area contributed by atoms with E-state index in [1.807, 2.05) is 117 Å². The van der Waals surface area contributed by atoms with Crippen LogP contribution in [0.15, 0.2) is 197 Å². The van der Waals surface area contributed by atoms with Gasteiger partial charge in [-0.15, -0.1) is 94.3 Å². The third-order valence-electron chi connectivity index (χ3n) is 11.3. The van der Waals surface area contributed by atoms with Gasteiger partial charge in [0.2, 0.25) is 0 Å². The Morgan fingerprint density at radius 1 is 0.571 bits per heavy atom. The monoisotopic (exact) mass is 1510 g/mol. The Morgan fingerprint density at radius 2 is 1.07 bits per heavy atom. The SMILES string of the molecule is CO.Cc1ccc(-c2[c-]cccc2)nc1.Cc1ccc(-c2[c-]cccc2)nc1.O=S(=O)(OO)C(F)(F)F.[2H]c1cc(C([2H])([2H])[2H])cc(-c2[c-]ccc3c2oc2cc(C#N)ccc23)n1.[2H]c1cc(C([2H])([2H])[2H])cc(-c2cccc3c2oc2cc(C#N)ccc23)n1.[CH3-].[Ir].[Ir]. The third-order valence-corrected chi connectivity index (χ3v) is 12.1. The number of nitrogens with zero attached hydrogens (tertiary/aromatic N) is 6. The number of furan rings is 2. The van der Waals surface area contributed by atoms with E-state index in [1.165, 1.54) is 35.4 Å². The minimum atomic E-state index is -5.78. The molecule has 0 aliphatic heterocycles. The van der Waals surface area contributed by atoms with Crippen molar-refractivity contribution in [3.8, 4) is 57.2 Å². The molecule has 6 aromatic carbocycles. The Balaban J connectivity index is 0.000000255. The molecule has 0 unspecified atom stereocenters. The average molecular weight is 1510 g/mol. The van der Waals surface area contributed by atoms with Crippen molar-refractivity contribution in [1.82, 2.24) is 19.9 Å². The van der Waals surface area contributed by atoms with E-state index in [4.69, 9.17) is 40.7 Å². The number of alkyl halides is 3. The molecule has 0 aliphatic rings. The van der Waals surface area contributed by atoms with Gasteiger partial charge in [0.25, 0.3) is 0 Å². The van der Waals surface area contributed by atoms with Crippen LogP contribution in [0.4, 0.5) is 13.2 Å². The number of rotatable bonds is 5. The maximum atomic E-state index is 11.0. The quantitative estimate of drug-likeness (QED) is 0.0712. The number of hydrogen-bond acceptors (Lipinski definition) is 13. The molecule has 0 spiro atoms. The van der Waals surface area contributed by atoms with Crippen molar-refractivity contribution in [2.45, 2.75) is 33.1 Å². The molecule has 0 saturated carbocycles. The van der Waals surface area contributed by atoms with Crippen LogP contribution < -0.4 is 0 Å². The predicted octanol–water partition coefficient (Wildman–Crippen LogP) is 15.6. The van der Waals surface area contributed by atoms with Gasteiger partial charge in [0.1, 0.15) is 16.7 Å². The number of nitriles is 2. The van der Waals surface area contributed by atoms with Crippen LogP contribution in [0.25, 0.3) is 88.9 Å². The van der Waals surface area contributed by atoms with Crippen molar-refractivity contribution < 1.29 is 96.3 Å². The Labute approximate surface area is 522 Å². The van der Waals surface area contributed by atoms with Crippen molar-refractivity contribution in [2.24, 2.45) is 0 Å². The summed E-state index contributed by atoms with van der Waals surface area (Å²) in [6.07, 6.45) is 3.49. The maximum absolute atomic E-state index is 11.0. The predicted molar refractivity (Wildman–Crippen MR) is 311 cm³/mol. The molecule has 19 heteroatoms. The van der Waals surface area contributed by atoms with E-state index in [2.05, 4.69) is 66.7 Å². The van der Waals surface area contributed by atoms with E-state index < -0.39 is 29.3 Å². The van der Waals surface area contributed by atoms with Gasteiger partial charge >= 0.3 is 15.6 Å². The Hall–Kier alpha value is -8.58. The molecule has 12 aromatic rings. The van der Waals surface area contributed by atoms with Crippen LogP contribution in [0.5, 0.6) is 0 Å². The van der Waals surface area contributed by atoms with Crippen LogP contribution in [-0.2, 0) is 54.7 Å². The summed E-state index contributed by atoms with van der Waals surface area (Å²) in [5.41, 5.74) is 5.88. The Morgan fingerprint density at radius 3 is 1.51 bits per heavy atom. The molecule has 0 saturated heterocycles. The minimum absolute atomic E-state index is 0. The molecule has 2 radical (unpaired) electrons. The Kier molecular flexibility index (Phi) is 21.1. The zero-order valence-corrected chi connectivity index (χ0v) is 50.2.